The second-order valence-corrected chi connectivity index (χ2v) is 5.52. The minimum Gasteiger partial charge on any atom is -0.324 e. The highest BCUT2D eigenvalue weighted by molar-refractivity contribution is 7.89. The Hall–Kier alpha value is -1.51. The van der Waals surface area contributed by atoms with Gasteiger partial charge in [0.25, 0.3) is 10.0 Å². The first kappa shape index (κ1) is 12.9. The first-order valence-electron chi connectivity index (χ1n) is 4.92. The van der Waals surface area contributed by atoms with E-state index in [9.17, 15) is 8.42 Å². The van der Waals surface area contributed by atoms with E-state index < -0.39 is 10.0 Å². The molecule has 0 aliphatic rings. The molecule has 9 heteroatoms. The van der Waals surface area contributed by atoms with Crippen molar-refractivity contribution >= 4 is 21.6 Å². The first-order chi connectivity index (χ1) is 8.50. The fourth-order valence-electron chi connectivity index (χ4n) is 1.23. The van der Waals surface area contributed by atoms with Crippen LogP contribution in [0.2, 0.25) is 5.15 Å². The summed E-state index contributed by atoms with van der Waals surface area (Å²) >= 11 is 5.83. The van der Waals surface area contributed by atoms with Crippen LogP contribution in [-0.4, -0.2) is 27.9 Å². The molecular weight excluding hydrogens is 278 g/mol. The fraction of sp³-hybridized carbons (Fsp3) is 0.222. The summed E-state index contributed by atoms with van der Waals surface area (Å²) in [6.45, 7) is 0.0533. The number of hydrogen-bond donors (Lipinski definition) is 1. The van der Waals surface area contributed by atoms with Crippen LogP contribution >= 0.6 is 11.6 Å². The van der Waals surface area contributed by atoms with E-state index >= 15 is 0 Å². The second kappa shape index (κ2) is 5.01. The second-order valence-electron chi connectivity index (χ2n) is 3.48. The molecule has 0 atom stereocenters. The van der Waals surface area contributed by atoms with Crippen molar-refractivity contribution < 1.29 is 8.42 Å². The van der Waals surface area contributed by atoms with E-state index in [0.29, 0.717) is 5.69 Å². The van der Waals surface area contributed by atoms with Gasteiger partial charge in [0, 0.05) is 13.2 Å². The largest absolute Gasteiger partial charge is 0.324 e. The molecule has 0 bridgehead atoms. The lowest BCUT2D eigenvalue weighted by atomic mass is 10.4. The molecule has 0 spiro atoms. The van der Waals surface area contributed by atoms with Gasteiger partial charge in [-0.05, 0) is 6.07 Å². The molecule has 0 aromatic carbocycles. The Morgan fingerprint density at radius 1 is 1.44 bits per heavy atom. The van der Waals surface area contributed by atoms with Crippen molar-refractivity contribution in [2.75, 3.05) is 0 Å². The predicted molar refractivity (Wildman–Crippen MR) is 64.3 cm³/mol. The summed E-state index contributed by atoms with van der Waals surface area (Å²) in [7, 11) is -2.13. The molecule has 0 amide bonds. The van der Waals surface area contributed by atoms with Gasteiger partial charge in [-0.1, -0.05) is 11.6 Å². The lowest BCUT2D eigenvalue weighted by Gasteiger charge is -2.04. The first-order valence-corrected chi connectivity index (χ1v) is 6.78. The molecule has 0 radical (unpaired) electrons. The van der Waals surface area contributed by atoms with Crippen molar-refractivity contribution in [2.24, 2.45) is 7.05 Å². The predicted octanol–water partition coefficient (Wildman–Crippen LogP) is 0.342. The van der Waals surface area contributed by atoms with Crippen LogP contribution in [0.5, 0.6) is 0 Å². The van der Waals surface area contributed by atoms with Crippen LogP contribution < -0.4 is 4.72 Å². The number of hydrogen-bond acceptors (Lipinski definition) is 5. The van der Waals surface area contributed by atoms with Crippen molar-refractivity contribution in [3.8, 4) is 0 Å². The smallest absolute Gasteiger partial charge is 0.261 e. The molecular formula is C9H10ClN5O2S. The van der Waals surface area contributed by atoms with E-state index in [1.54, 1.807) is 13.1 Å². The highest BCUT2D eigenvalue weighted by Crippen LogP contribution is 2.18. The van der Waals surface area contributed by atoms with Gasteiger partial charge in [0.15, 0.2) is 0 Å². The standard InChI is InChI=1S/C9H10ClN5O2S/c1-15-6-13-9(8(15)10)18(16,17)14-4-7-2-3-11-5-12-7/h2-3,5-6,14H,4H2,1H3. The molecule has 0 aliphatic heterocycles. The maximum Gasteiger partial charge on any atom is 0.261 e. The lowest BCUT2D eigenvalue weighted by molar-refractivity contribution is 0.577. The van der Waals surface area contributed by atoms with Crippen LogP contribution in [0.1, 0.15) is 5.69 Å². The Balaban J connectivity index is 2.16. The molecule has 2 aromatic rings. The van der Waals surface area contributed by atoms with E-state index in [-0.39, 0.29) is 16.7 Å². The molecule has 1 N–H and O–H groups in total. The molecule has 0 unspecified atom stereocenters. The molecule has 0 fully saturated rings. The van der Waals surface area contributed by atoms with Crippen LogP contribution in [0.3, 0.4) is 0 Å². The zero-order chi connectivity index (χ0) is 13.2. The zero-order valence-electron chi connectivity index (χ0n) is 9.41. The molecule has 0 saturated carbocycles. The SMILES string of the molecule is Cn1cnc(S(=O)(=O)NCc2ccncn2)c1Cl. The van der Waals surface area contributed by atoms with Crippen LogP contribution in [0.4, 0.5) is 0 Å². The average Bonchev–Trinajstić information content (AvgIpc) is 2.70. The van der Waals surface area contributed by atoms with Gasteiger partial charge in [-0.25, -0.2) is 28.1 Å². The third-order valence-electron chi connectivity index (χ3n) is 2.18. The molecule has 96 valence electrons. The summed E-state index contributed by atoms with van der Waals surface area (Å²) < 4.78 is 27.6. The molecule has 2 aromatic heterocycles. The maximum absolute atomic E-state index is 11.9. The summed E-state index contributed by atoms with van der Waals surface area (Å²) in [6, 6.07) is 1.61. The van der Waals surface area contributed by atoms with E-state index in [2.05, 4.69) is 19.7 Å². The van der Waals surface area contributed by atoms with E-state index in [1.807, 2.05) is 0 Å². The fourth-order valence-corrected chi connectivity index (χ4v) is 2.66. The zero-order valence-corrected chi connectivity index (χ0v) is 11.0. The molecule has 18 heavy (non-hydrogen) atoms. The number of rotatable bonds is 4. The molecule has 0 aliphatic carbocycles. The van der Waals surface area contributed by atoms with Gasteiger partial charge in [0.05, 0.1) is 18.6 Å². The summed E-state index contributed by atoms with van der Waals surface area (Å²) in [4.78, 5) is 11.4. The topological polar surface area (TPSA) is 89.8 Å². The van der Waals surface area contributed by atoms with Crippen LogP contribution in [0.25, 0.3) is 0 Å². The van der Waals surface area contributed by atoms with Crippen molar-refractivity contribution in [3.05, 3.63) is 35.8 Å². The average molecular weight is 288 g/mol. The Kier molecular flexibility index (Phi) is 3.60. The van der Waals surface area contributed by atoms with Gasteiger partial charge in [0.2, 0.25) is 5.03 Å². The quantitative estimate of drug-likeness (QED) is 0.876. The highest BCUT2D eigenvalue weighted by Gasteiger charge is 2.21. The number of nitrogens with zero attached hydrogens (tertiary/aromatic N) is 4. The maximum atomic E-state index is 11.9. The number of nitrogens with one attached hydrogen (secondary N) is 1. The molecule has 2 heterocycles. The monoisotopic (exact) mass is 287 g/mol. The molecule has 0 saturated heterocycles. The number of aromatic nitrogens is 4. The van der Waals surface area contributed by atoms with Gasteiger partial charge in [-0.15, -0.1) is 0 Å². The van der Waals surface area contributed by atoms with E-state index in [0.717, 1.165) is 0 Å². The van der Waals surface area contributed by atoms with Crippen LogP contribution in [-0.2, 0) is 23.6 Å². The third-order valence-corrected chi connectivity index (χ3v) is 4.07. The van der Waals surface area contributed by atoms with E-state index in [1.165, 1.54) is 23.4 Å². The van der Waals surface area contributed by atoms with Gasteiger partial charge in [-0.2, -0.15) is 0 Å². The third kappa shape index (κ3) is 2.66. The normalized spacial score (nSPS) is 11.7. The molecule has 7 nitrogen and oxygen atoms in total. The Bertz CT molecular complexity index is 640. The van der Waals surface area contributed by atoms with Crippen molar-refractivity contribution in [2.45, 2.75) is 11.6 Å². The number of imidazole rings is 1. The Labute approximate surface area is 109 Å². The van der Waals surface area contributed by atoms with Crippen molar-refractivity contribution in [1.29, 1.82) is 0 Å². The number of sulfonamides is 1. The number of halogens is 1. The Morgan fingerprint density at radius 2 is 2.22 bits per heavy atom. The van der Waals surface area contributed by atoms with Crippen LogP contribution in [0.15, 0.2) is 29.9 Å². The minimum absolute atomic E-state index is 0.0533. The van der Waals surface area contributed by atoms with Gasteiger partial charge in [-0.3, -0.25) is 0 Å². The molecule has 2 rings (SSSR count). The number of aryl methyl sites for hydroxylation is 1. The lowest BCUT2D eigenvalue weighted by Crippen LogP contribution is -2.24. The summed E-state index contributed by atoms with van der Waals surface area (Å²) in [6.07, 6.45) is 4.21. The minimum atomic E-state index is -3.74. The van der Waals surface area contributed by atoms with E-state index in [4.69, 9.17) is 11.6 Å². The van der Waals surface area contributed by atoms with Crippen molar-refractivity contribution in [1.82, 2.24) is 24.2 Å². The van der Waals surface area contributed by atoms with Crippen LogP contribution in [0, 0.1) is 0 Å². The van der Waals surface area contributed by atoms with Gasteiger partial charge < -0.3 is 4.57 Å². The Morgan fingerprint density at radius 3 is 2.78 bits per heavy atom. The summed E-state index contributed by atoms with van der Waals surface area (Å²) in [5.74, 6) is 0. The summed E-state index contributed by atoms with van der Waals surface area (Å²) in [5, 5.41) is -0.133. The highest BCUT2D eigenvalue weighted by atomic mass is 35.5. The van der Waals surface area contributed by atoms with Gasteiger partial charge in [0.1, 0.15) is 11.5 Å². The summed E-state index contributed by atoms with van der Waals surface area (Å²) in [5.41, 5.74) is 0.556. The van der Waals surface area contributed by atoms with Crippen molar-refractivity contribution in [3.63, 3.8) is 0 Å². The van der Waals surface area contributed by atoms with Gasteiger partial charge >= 0.3 is 0 Å².